The van der Waals surface area contributed by atoms with Crippen LogP contribution in [-0.4, -0.2) is 23.8 Å². The molecule has 0 saturated carbocycles. The molecule has 0 saturated heterocycles. The zero-order valence-electron chi connectivity index (χ0n) is 6.57. The summed E-state index contributed by atoms with van der Waals surface area (Å²) in [5.74, 6) is 0.701. The molecule has 0 aliphatic carbocycles. The van der Waals surface area contributed by atoms with Gasteiger partial charge in [0.25, 0.3) is 0 Å². The molecule has 0 radical (unpaired) electrons. The van der Waals surface area contributed by atoms with Gasteiger partial charge in [-0.05, 0) is 0 Å². The Bertz CT molecular complexity index is 223. The lowest BCUT2D eigenvalue weighted by atomic mass is 10.2. The lowest BCUT2D eigenvalue weighted by Gasteiger charge is -1.98. The molecule has 1 atom stereocenters. The van der Waals surface area contributed by atoms with Gasteiger partial charge in [-0.25, -0.2) is 0 Å². The molecule has 0 fully saturated rings. The average molecular weight is 157 g/mol. The van der Waals surface area contributed by atoms with Crippen molar-refractivity contribution < 1.29 is 9.26 Å². The van der Waals surface area contributed by atoms with E-state index in [1.54, 1.807) is 0 Å². The highest BCUT2D eigenvalue weighted by molar-refractivity contribution is 4.96. The molecule has 11 heavy (non-hydrogen) atoms. The Labute approximate surface area is 64.5 Å². The van der Waals surface area contributed by atoms with Gasteiger partial charge in [-0.3, -0.25) is 4.52 Å². The van der Waals surface area contributed by atoms with Crippen molar-refractivity contribution >= 4 is 0 Å². The van der Waals surface area contributed by atoms with Gasteiger partial charge in [0.15, 0.2) is 5.82 Å². The van der Waals surface area contributed by atoms with Gasteiger partial charge in [0.2, 0.25) is 0 Å². The summed E-state index contributed by atoms with van der Waals surface area (Å²) in [6, 6.07) is 0. The first-order valence-electron chi connectivity index (χ1n) is 3.35. The van der Waals surface area contributed by atoms with Gasteiger partial charge in [0.1, 0.15) is 0 Å². The maximum atomic E-state index is 5.39. The van der Waals surface area contributed by atoms with Gasteiger partial charge in [-0.2, -0.15) is 4.98 Å². The molecule has 1 heterocycles. The fourth-order valence-corrected chi connectivity index (χ4v) is 0.609. The SMILES string of the molecule is COc1nc(C(C)CN)no1. The van der Waals surface area contributed by atoms with Crippen molar-refractivity contribution in [2.75, 3.05) is 13.7 Å². The molecule has 0 aromatic carbocycles. The van der Waals surface area contributed by atoms with Crippen LogP contribution >= 0.6 is 0 Å². The second kappa shape index (κ2) is 3.34. The Kier molecular flexibility index (Phi) is 2.43. The molecule has 62 valence electrons. The Balaban J connectivity index is 2.71. The summed E-state index contributed by atoms with van der Waals surface area (Å²) >= 11 is 0. The van der Waals surface area contributed by atoms with Crippen LogP contribution in [0.4, 0.5) is 0 Å². The third kappa shape index (κ3) is 1.68. The molecule has 5 heteroatoms. The molecule has 1 aromatic heterocycles. The predicted molar refractivity (Wildman–Crippen MR) is 38.3 cm³/mol. The quantitative estimate of drug-likeness (QED) is 0.675. The third-order valence-electron chi connectivity index (χ3n) is 1.39. The van der Waals surface area contributed by atoms with Crippen molar-refractivity contribution in [3.63, 3.8) is 0 Å². The summed E-state index contributed by atoms with van der Waals surface area (Å²) in [5.41, 5.74) is 5.39. The minimum atomic E-state index is 0.114. The van der Waals surface area contributed by atoms with E-state index in [4.69, 9.17) is 15.0 Å². The summed E-state index contributed by atoms with van der Waals surface area (Å²) < 4.78 is 9.41. The van der Waals surface area contributed by atoms with Crippen LogP contribution in [0.25, 0.3) is 0 Å². The molecule has 0 spiro atoms. The van der Waals surface area contributed by atoms with E-state index in [-0.39, 0.29) is 12.0 Å². The number of ether oxygens (including phenoxy) is 1. The van der Waals surface area contributed by atoms with Crippen LogP contribution in [-0.2, 0) is 0 Å². The third-order valence-corrected chi connectivity index (χ3v) is 1.39. The molecule has 0 amide bonds. The van der Waals surface area contributed by atoms with E-state index in [1.165, 1.54) is 7.11 Å². The predicted octanol–water partition coefficient (Wildman–Crippen LogP) is 0.140. The van der Waals surface area contributed by atoms with Crippen LogP contribution in [0, 0.1) is 0 Å². The smallest absolute Gasteiger partial charge is 0.417 e. The Morgan fingerprint density at radius 2 is 2.45 bits per heavy atom. The number of hydrogen-bond acceptors (Lipinski definition) is 5. The van der Waals surface area contributed by atoms with E-state index >= 15 is 0 Å². The van der Waals surface area contributed by atoms with E-state index in [9.17, 15) is 0 Å². The number of rotatable bonds is 3. The summed E-state index contributed by atoms with van der Waals surface area (Å²) in [4.78, 5) is 3.92. The molecule has 5 nitrogen and oxygen atoms in total. The van der Waals surface area contributed by atoms with Crippen LogP contribution in [0.5, 0.6) is 6.08 Å². The second-order valence-electron chi connectivity index (χ2n) is 2.26. The monoisotopic (exact) mass is 157 g/mol. The van der Waals surface area contributed by atoms with Crippen molar-refractivity contribution in [3.05, 3.63) is 5.82 Å². The molecule has 2 N–H and O–H groups in total. The molecular formula is C6H11N3O2. The van der Waals surface area contributed by atoms with E-state index in [0.717, 1.165) is 0 Å². The van der Waals surface area contributed by atoms with Crippen molar-refractivity contribution in [2.24, 2.45) is 5.73 Å². The first-order chi connectivity index (χ1) is 5.27. The first-order valence-corrected chi connectivity index (χ1v) is 3.35. The highest BCUT2D eigenvalue weighted by atomic mass is 16.6. The van der Waals surface area contributed by atoms with Crippen LogP contribution < -0.4 is 10.5 Å². The van der Waals surface area contributed by atoms with Crippen molar-refractivity contribution in [1.82, 2.24) is 10.1 Å². The number of nitrogens with zero attached hydrogens (tertiary/aromatic N) is 2. The van der Waals surface area contributed by atoms with E-state index in [1.807, 2.05) is 6.92 Å². The van der Waals surface area contributed by atoms with Crippen LogP contribution in [0.2, 0.25) is 0 Å². The fourth-order valence-electron chi connectivity index (χ4n) is 0.609. The molecule has 1 unspecified atom stereocenters. The van der Waals surface area contributed by atoms with Crippen LogP contribution in [0.3, 0.4) is 0 Å². The largest absolute Gasteiger partial charge is 0.452 e. The molecule has 0 aliphatic heterocycles. The zero-order chi connectivity index (χ0) is 8.27. The van der Waals surface area contributed by atoms with Gasteiger partial charge in [-0.15, -0.1) is 0 Å². The highest BCUT2D eigenvalue weighted by Crippen LogP contribution is 2.12. The van der Waals surface area contributed by atoms with Crippen LogP contribution in [0.1, 0.15) is 18.7 Å². The van der Waals surface area contributed by atoms with E-state index < -0.39 is 0 Å². The van der Waals surface area contributed by atoms with Crippen molar-refractivity contribution in [2.45, 2.75) is 12.8 Å². The van der Waals surface area contributed by atoms with E-state index in [0.29, 0.717) is 12.4 Å². The minimum Gasteiger partial charge on any atom is -0.452 e. The molecule has 0 bridgehead atoms. The maximum absolute atomic E-state index is 5.39. The van der Waals surface area contributed by atoms with Crippen LogP contribution in [0.15, 0.2) is 4.52 Å². The van der Waals surface area contributed by atoms with Gasteiger partial charge in [-0.1, -0.05) is 12.1 Å². The van der Waals surface area contributed by atoms with Gasteiger partial charge < -0.3 is 10.5 Å². The minimum absolute atomic E-state index is 0.114. The topological polar surface area (TPSA) is 74.2 Å². The molecule has 1 rings (SSSR count). The maximum Gasteiger partial charge on any atom is 0.417 e. The van der Waals surface area contributed by atoms with Crippen molar-refractivity contribution in [3.8, 4) is 6.08 Å². The standard InChI is InChI=1S/C6H11N3O2/c1-4(3-7)5-8-6(10-2)11-9-5/h4H,3,7H2,1-2H3. The highest BCUT2D eigenvalue weighted by Gasteiger charge is 2.11. The second-order valence-corrected chi connectivity index (χ2v) is 2.26. The number of hydrogen-bond donors (Lipinski definition) is 1. The fraction of sp³-hybridized carbons (Fsp3) is 0.667. The van der Waals surface area contributed by atoms with E-state index in [2.05, 4.69) is 10.1 Å². The first kappa shape index (κ1) is 8.00. The van der Waals surface area contributed by atoms with Gasteiger partial charge in [0, 0.05) is 12.5 Å². The number of methoxy groups -OCH3 is 1. The molecular weight excluding hydrogens is 146 g/mol. The Hall–Kier alpha value is -1.10. The zero-order valence-corrected chi connectivity index (χ0v) is 6.57. The number of aromatic nitrogens is 2. The van der Waals surface area contributed by atoms with Crippen molar-refractivity contribution in [1.29, 1.82) is 0 Å². The van der Waals surface area contributed by atoms with Gasteiger partial charge >= 0.3 is 6.08 Å². The average Bonchev–Trinajstić information content (AvgIpc) is 2.50. The molecule has 1 aromatic rings. The Morgan fingerprint density at radius 1 is 1.73 bits per heavy atom. The summed E-state index contributed by atoms with van der Waals surface area (Å²) in [6.07, 6.45) is 0.181. The Morgan fingerprint density at radius 3 is 2.91 bits per heavy atom. The lowest BCUT2D eigenvalue weighted by Crippen LogP contribution is -2.10. The molecule has 0 aliphatic rings. The normalized spacial score (nSPS) is 13.0. The van der Waals surface area contributed by atoms with Gasteiger partial charge in [0.05, 0.1) is 7.11 Å². The lowest BCUT2D eigenvalue weighted by molar-refractivity contribution is 0.249. The number of nitrogens with two attached hydrogens (primary N) is 1. The summed E-state index contributed by atoms with van der Waals surface area (Å²) in [6.45, 7) is 2.42. The summed E-state index contributed by atoms with van der Waals surface area (Å²) in [7, 11) is 1.48. The summed E-state index contributed by atoms with van der Waals surface area (Å²) in [5, 5.41) is 3.67.